The molecule has 1 radical (unpaired) electrons. The molecular weight excluding hydrogens is 396 g/mol. The molecule has 0 aliphatic rings. The van der Waals surface area contributed by atoms with E-state index >= 15 is 0 Å². The fourth-order valence-electron chi connectivity index (χ4n) is 3.07. The van der Waals surface area contributed by atoms with E-state index in [-0.39, 0.29) is 24.2 Å². The Labute approximate surface area is 171 Å². The topological polar surface area (TPSA) is 59.3 Å². The van der Waals surface area contributed by atoms with Gasteiger partial charge in [0.2, 0.25) is 0 Å². The van der Waals surface area contributed by atoms with Crippen LogP contribution in [0.5, 0.6) is 0 Å². The van der Waals surface area contributed by atoms with E-state index in [0.29, 0.717) is 21.7 Å². The van der Waals surface area contributed by atoms with Crippen LogP contribution in [0.1, 0.15) is 27.3 Å². The van der Waals surface area contributed by atoms with E-state index in [2.05, 4.69) is 11.1 Å². The third-order valence-corrected chi connectivity index (χ3v) is 5.62. The number of hydrogen-bond acceptors (Lipinski definition) is 5. The SMILES string of the molecule is Cc1nc(-c2cc(Cc3c(F)cccc3F)[c]c(CN(C)C)c2[N+](=O)[O-])sc1C. The van der Waals surface area contributed by atoms with Crippen LogP contribution in [0.4, 0.5) is 14.5 Å². The number of nitro groups is 1. The number of rotatable bonds is 6. The molecule has 0 N–H and O–H groups in total. The number of nitrogens with zero attached hydrogens (tertiary/aromatic N) is 3. The second-order valence-electron chi connectivity index (χ2n) is 7.07. The van der Waals surface area contributed by atoms with Crippen LogP contribution in [0.3, 0.4) is 0 Å². The summed E-state index contributed by atoms with van der Waals surface area (Å²) in [6, 6.07) is 8.28. The van der Waals surface area contributed by atoms with Gasteiger partial charge in [0, 0.05) is 23.4 Å². The van der Waals surface area contributed by atoms with Crippen molar-refractivity contribution >= 4 is 17.0 Å². The standard InChI is InChI=1S/C21H20F2N3O2S/c1-12-13(2)29-21(24-12)17-10-14(9-16-18(22)6-5-7-19(16)23)8-15(11-25(3)4)20(17)26(27)28/h5-7,10H,9,11H2,1-4H3. The van der Waals surface area contributed by atoms with Gasteiger partial charge >= 0.3 is 0 Å². The van der Waals surface area contributed by atoms with E-state index in [4.69, 9.17) is 0 Å². The molecule has 0 fully saturated rings. The third-order valence-electron chi connectivity index (χ3n) is 4.52. The van der Waals surface area contributed by atoms with Crippen molar-refractivity contribution in [3.63, 3.8) is 0 Å². The molecule has 2 aromatic carbocycles. The monoisotopic (exact) mass is 416 g/mol. The zero-order chi connectivity index (χ0) is 21.3. The Morgan fingerprint density at radius 2 is 1.90 bits per heavy atom. The molecule has 3 rings (SSSR count). The Bertz CT molecular complexity index is 1040. The van der Waals surface area contributed by atoms with Crippen LogP contribution in [0.2, 0.25) is 0 Å². The fourth-order valence-corrected chi connectivity index (χ4v) is 4.00. The Morgan fingerprint density at radius 3 is 2.41 bits per heavy atom. The molecule has 5 nitrogen and oxygen atoms in total. The largest absolute Gasteiger partial charge is 0.305 e. The number of aryl methyl sites for hydroxylation is 2. The summed E-state index contributed by atoms with van der Waals surface area (Å²) in [5, 5.41) is 12.4. The number of nitro benzene ring substituents is 1. The summed E-state index contributed by atoms with van der Waals surface area (Å²) in [6.07, 6.45) is -0.0622. The van der Waals surface area contributed by atoms with Crippen molar-refractivity contribution < 1.29 is 13.7 Å². The number of thiazole rings is 1. The average molecular weight is 416 g/mol. The van der Waals surface area contributed by atoms with Gasteiger partial charge in [-0.15, -0.1) is 11.3 Å². The van der Waals surface area contributed by atoms with Crippen LogP contribution in [0, 0.1) is 41.7 Å². The summed E-state index contributed by atoms with van der Waals surface area (Å²) in [4.78, 5) is 18.7. The van der Waals surface area contributed by atoms with Gasteiger partial charge in [-0.05, 0) is 57.8 Å². The van der Waals surface area contributed by atoms with Gasteiger partial charge in [-0.1, -0.05) is 6.07 Å². The Kier molecular flexibility index (Phi) is 6.04. The molecule has 1 aromatic heterocycles. The predicted octanol–water partition coefficient (Wildman–Crippen LogP) is 5.07. The second kappa shape index (κ2) is 8.34. The number of halogens is 2. The molecule has 0 saturated heterocycles. The highest BCUT2D eigenvalue weighted by molar-refractivity contribution is 7.15. The molecule has 0 saturated carbocycles. The maximum atomic E-state index is 14.2. The third kappa shape index (κ3) is 4.49. The van der Waals surface area contributed by atoms with Gasteiger partial charge in [0.25, 0.3) is 5.69 Å². The first kappa shape index (κ1) is 21.0. The Morgan fingerprint density at radius 1 is 1.24 bits per heavy atom. The highest BCUT2D eigenvalue weighted by Crippen LogP contribution is 2.38. The maximum absolute atomic E-state index is 14.2. The molecule has 0 spiro atoms. The van der Waals surface area contributed by atoms with Gasteiger partial charge in [-0.3, -0.25) is 10.1 Å². The molecule has 0 unspecified atom stereocenters. The van der Waals surface area contributed by atoms with Gasteiger partial charge in [0.15, 0.2) is 0 Å². The van der Waals surface area contributed by atoms with Gasteiger partial charge < -0.3 is 4.90 Å². The van der Waals surface area contributed by atoms with Crippen molar-refractivity contribution in [3.8, 4) is 10.6 Å². The van der Waals surface area contributed by atoms with Crippen LogP contribution in [-0.2, 0) is 13.0 Å². The number of hydrogen-bond donors (Lipinski definition) is 0. The first-order valence-electron chi connectivity index (χ1n) is 8.91. The predicted molar refractivity (Wildman–Crippen MR) is 109 cm³/mol. The second-order valence-corrected chi connectivity index (χ2v) is 8.27. The van der Waals surface area contributed by atoms with E-state index in [9.17, 15) is 18.9 Å². The van der Waals surface area contributed by atoms with Crippen molar-refractivity contribution in [2.45, 2.75) is 26.8 Å². The zero-order valence-electron chi connectivity index (χ0n) is 16.5. The highest BCUT2D eigenvalue weighted by atomic mass is 32.1. The molecule has 0 amide bonds. The van der Waals surface area contributed by atoms with E-state index in [1.54, 1.807) is 25.1 Å². The lowest BCUT2D eigenvalue weighted by atomic mass is 9.97. The first-order valence-corrected chi connectivity index (χ1v) is 9.73. The molecule has 151 valence electrons. The molecule has 0 bridgehead atoms. The lowest BCUT2D eigenvalue weighted by Crippen LogP contribution is -2.13. The summed E-state index contributed by atoms with van der Waals surface area (Å²) in [6.45, 7) is 4.00. The summed E-state index contributed by atoms with van der Waals surface area (Å²) in [7, 11) is 3.58. The van der Waals surface area contributed by atoms with Crippen molar-refractivity contribution in [3.05, 3.63) is 79.3 Å². The Balaban J connectivity index is 2.22. The van der Waals surface area contributed by atoms with Crippen molar-refractivity contribution in [1.82, 2.24) is 9.88 Å². The van der Waals surface area contributed by atoms with E-state index in [0.717, 1.165) is 10.6 Å². The smallest absolute Gasteiger partial charge is 0.284 e. The molecule has 1 heterocycles. The first-order chi connectivity index (χ1) is 13.7. The van der Waals surface area contributed by atoms with Crippen molar-refractivity contribution in [2.24, 2.45) is 0 Å². The van der Waals surface area contributed by atoms with Crippen LogP contribution in [0.25, 0.3) is 10.6 Å². The van der Waals surface area contributed by atoms with E-state index < -0.39 is 16.6 Å². The zero-order valence-corrected chi connectivity index (χ0v) is 17.4. The fraction of sp³-hybridized carbons (Fsp3) is 0.286. The summed E-state index contributed by atoms with van der Waals surface area (Å²) < 4.78 is 28.3. The van der Waals surface area contributed by atoms with Gasteiger partial charge in [-0.2, -0.15) is 0 Å². The van der Waals surface area contributed by atoms with Crippen LogP contribution < -0.4 is 0 Å². The molecule has 8 heteroatoms. The molecule has 29 heavy (non-hydrogen) atoms. The molecule has 3 aromatic rings. The van der Waals surface area contributed by atoms with Gasteiger partial charge in [0.05, 0.1) is 21.7 Å². The minimum atomic E-state index is -0.659. The van der Waals surface area contributed by atoms with Crippen molar-refractivity contribution in [2.75, 3.05) is 14.1 Å². The molecular formula is C21H20F2N3O2S. The maximum Gasteiger partial charge on any atom is 0.284 e. The van der Waals surface area contributed by atoms with Crippen LogP contribution in [0.15, 0.2) is 24.3 Å². The molecule has 0 aliphatic heterocycles. The average Bonchev–Trinajstić information content (AvgIpc) is 2.96. The molecule has 0 aliphatic carbocycles. The van der Waals surface area contributed by atoms with Gasteiger partial charge in [0.1, 0.15) is 16.6 Å². The van der Waals surface area contributed by atoms with Crippen LogP contribution in [-0.4, -0.2) is 28.9 Å². The van der Waals surface area contributed by atoms with E-state index in [1.165, 1.54) is 29.5 Å². The van der Waals surface area contributed by atoms with Crippen molar-refractivity contribution in [1.29, 1.82) is 0 Å². The lowest BCUT2D eigenvalue weighted by molar-refractivity contribution is -0.385. The number of aromatic nitrogens is 1. The van der Waals surface area contributed by atoms with Crippen LogP contribution >= 0.6 is 11.3 Å². The summed E-state index contributed by atoms with van der Waals surface area (Å²) in [5.41, 5.74) is 1.80. The van der Waals surface area contributed by atoms with E-state index in [1.807, 2.05) is 13.8 Å². The van der Waals surface area contributed by atoms with Gasteiger partial charge in [-0.25, -0.2) is 13.8 Å². The number of benzene rings is 2. The summed E-state index contributed by atoms with van der Waals surface area (Å²) >= 11 is 1.36. The summed E-state index contributed by atoms with van der Waals surface area (Å²) in [5.74, 6) is -1.32. The Hall–Kier alpha value is -2.71. The highest BCUT2D eigenvalue weighted by Gasteiger charge is 2.26. The lowest BCUT2D eigenvalue weighted by Gasteiger charge is -2.14. The minimum Gasteiger partial charge on any atom is -0.305 e. The normalized spacial score (nSPS) is 11.3. The molecule has 0 atom stereocenters. The minimum absolute atomic E-state index is 0.0622. The quantitative estimate of drug-likeness (QED) is 0.416.